The van der Waals surface area contributed by atoms with Gasteiger partial charge in [-0.1, -0.05) is 64.5 Å². The number of benzene rings is 6. The summed E-state index contributed by atoms with van der Waals surface area (Å²) in [6, 6.07) is 45.6. The molecule has 2 heterocycles. The number of aromatic nitrogens is 2. The zero-order valence-corrected chi connectivity index (χ0v) is 22.9. The van der Waals surface area contributed by atoms with Gasteiger partial charge < -0.3 is 9.13 Å². The van der Waals surface area contributed by atoms with E-state index < -0.39 is 0 Å². The Kier molecular flexibility index (Phi) is 5.19. The second-order valence-corrected chi connectivity index (χ2v) is 11.0. The normalized spacial score (nSPS) is 11.8. The largest absolute Gasteiger partial charge is 0.309 e. The maximum Gasteiger partial charge on any atom is 0.123 e. The van der Waals surface area contributed by atoms with E-state index in [0.717, 1.165) is 32.4 Å². The lowest BCUT2D eigenvalue weighted by Crippen LogP contribution is -1.94. The Morgan fingerprint density at radius 3 is 1.35 bits per heavy atom. The third kappa shape index (κ3) is 3.53. The van der Waals surface area contributed by atoms with Gasteiger partial charge in [0.1, 0.15) is 5.82 Å². The first-order valence-electron chi connectivity index (χ1n) is 13.2. The molecule has 4 heteroatoms. The molecule has 0 fully saturated rings. The highest BCUT2D eigenvalue weighted by Gasteiger charge is 2.16. The summed E-state index contributed by atoms with van der Waals surface area (Å²) in [4.78, 5) is 0. The first-order chi connectivity index (χ1) is 19.7. The summed E-state index contributed by atoms with van der Waals surface area (Å²) in [5, 5.41) is 4.81. The van der Waals surface area contributed by atoms with Gasteiger partial charge in [-0.25, -0.2) is 4.39 Å². The van der Waals surface area contributed by atoms with Gasteiger partial charge in [-0.2, -0.15) is 0 Å². The monoisotopic (exact) mass is 580 g/mol. The minimum atomic E-state index is -0.233. The van der Waals surface area contributed by atoms with E-state index in [2.05, 4.69) is 134 Å². The lowest BCUT2D eigenvalue weighted by molar-refractivity contribution is 0.627. The summed E-state index contributed by atoms with van der Waals surface area (Å²) < 4.78 is 19.3. The average Bonchev–Trinajstić information content (AvgIpc) is 3.50. The molecule has 0 aliphatic carbocycles. The van der Waals surface area contributed by atoms with Crippen LogP contribution in [0, 0.1) is 5.82 Å². The quantitative estimate of drug-likeness (QED) is 0.197. The first kappa shape index (κ1) is 23.2. The topological polar surface area (TPSA) is 9.86 Å². The van der Waals surface area contributed by atoms with Gasteiger partial charge in [0.2, 0.25) is 0 Å². The lowest BCUT2D eigenvalue weighted by atomic mass is 10.0. The van der Waals surface area contributed by atoms with Gasteiger partial charge in [0.25, 0.3) is 0 Å². The number of halogens is 2. The predicted molar refractivity (Wildman–Crippen MR) is 168 cm³/mol. The standard InChI is InChI=1S/C36H22BrFN2/c37-25-11-15-27(16-12-25)39-33-7-3-1-5-29(33)31-21-23(9-19-35(31)39)24-10-20-36-32(22-24)30-6-2-4-8-34(30)40(36)28-17-13-26(38)14-18-28/h1-22H. The second-order valence-electron chi connectivity index (χ2n) is 10.1. The fourth-order valence-electron chi connectivity index (χ4n) is 6.04. The number of hydrogen-bond acceptors (Lipinski definition) is 0. The second kappa shape index (κ2) is 8.94. The van der Waals surface area contributed by atoms with Crippen LogP contribution in [-0.2, 0) is 0 Å². The lowest BCUT2D eigenvalue weighted by Gasteiger charge is -2.09. The van der Waals surface area contributed by atoms with Crippen molar-refractivity contribution in [3.8, 4) is 22.5 Å². The van der Waals surface area contributed by atoms with E-state index >= 15 is 0 Å². The molecule has 0 aliphatic rings. The zero-order chi connectivity index (χ0) is 26.8. The predicted octanol–water partition coefficient (Wildman–Crippen LogP) is 10.4. The van der Waals surface area contributed by atoms with E-state index in [1.807, 2.05) is 12.1 Å². The number of hydrogen-bond donors (Lipinski definition) is 0. The zero-order valence-electron chi connectivity index (χ0n) is 21.4. The van der Waals surface area contributed by atoms with Gasteiger partial charge in [0, 0.05) is 37.4 Å². The minimum Gasteiger partial charge on any atom is -0.309 e. The molecule has 40 heavy (non-hydrogen) atoms. The molecule has 190 valence electrons. The minimum absolute atomic E-state index is 0.233. The molecule has 0 N–H and O–H groups in total. The molecule has 8 aromatic rings. The Bertz CT molecular complexity index is 2060. The maximum atomic E-state index is 13.7. The fraction of sp³-hybridized carbons (Fsp3) is 0. The summed E-state index contributed by atoms with van der Waals surface area (Å²) in [7, 11) is 0. The van der Waals surface area contributed by atoms with E-state index in [-0.39, 0.29) is 5.82 Å². The highest BCUT2D eigenvalue weighted by Crippen LogP contribution is 2.38. The number of para-hydroxylation sites is 2. The molecule has 0 bridgehead atoms. The summed E-state index contributed by atoms with van der Waals surface area (Å²) in [5.74, 6) is -0.233. The Morgan fingerprint density at radius 1 is 0.425 bits per heavy atom. The number of nitrogens with zero attached hydrogens (tertiary/aromatic N) is 2. The summed E-state index contributed by atoms with van der Waals surface area (Å²) in [6.45, 7) is 0. The van der Waals surface area contributed by atoms with E-state index in [0.29, 0.717) is 0 Å². The fourth-order valence-corrected chi connectivity index (χ4v) is 6.31. The molecule has 0 amide bonds. The molecule has 0 unspecified atom stereocenters. The van der Waals surface area contributed by atoms with Crippen LogP contribution in [0.2, 0.25) is 0 Å². The summed E-state index contributed by atoms with van der Waals surface area (Å²) in [5.41, 5.74) is 9.00. The first-order valence-corrected chi connectivity index (χ1v) is 14.0. The molecule has 2 aromatic heterocycles. The van der Waals surface area contributed by atoms with Gasteiger partial charge in [-0.05, 0) is 96.1 Å². The molecule has 0 atom stereocenters. The van der Waals surface area contributed by atoms with Gasteiger partial charge in [-0.3, -0.25) is 0 Å². The summed E-state index contributed by atoms with van der Waals surface area (Å²) >= 11 is 3.57. The third-order valence-corrected chi connectivity index (χ3v) is 8.38. The van der Waals surface area contributed by atoms with Crippen LogP contribution < -0.4 is 0 Å². The van der Waals surface area contributed by atoms with Crippen molar-refractivity contribution < 1.29 is 4.39 Å². The highest BCUT2D eigenvalue weighted by molar-refractivity contribution is 9.10. The van der Waals surface area contributed by atoms with Crippen molar-refractivity contribution in [1.29, 1.82) is 0 Å². The molecule has 8 rings (SSSR count). The molecule has 2 nitrogen and oxygen atoms in total. The van der Waals surface area contributed by atoms with Crippen molar-refractivity contribution in [1.82, 2.24) is 9.13 Å². The Labute approximate surface area is 238 Å². The average molecular weight is 581 g/mol. The molecule has 6 aromatic carbocycles. The van der Waals surface area contributed by atoms with Crippen LogP contribution in [0.1, 0.15) is 0 Å². The van der Waals surface area contributed by atoms with E-state index in [4.69, 9.17) is 0 Å². The van der Waals surface area contributed by atoms with Gasteiger partial charge >= 0.3 is 0 Å². The smallest absolute Gasteiger partial charge is 0.123 e. The molecular formula is C36H22BrFN2. The van der Waals surface area contributed by atoms with E-state index in [9.17, 15) is 4.39 Å². The Morgan fingerprint density at radius 2 is 0.850 bits per heavy atom. The van der Waals surface area contributed by atoms with E-state index in [1.165, 1.54) is 50.3 Å². The molecular weight excluding hydrogens is 559 g/mol. The van der Waals surface area contributed by atoms with Gasteiger partial charge in [0.15, 0.2) is 0 Å². The molecule has 0 saturated carbocycles. The van der Waals surface area contributed by atoms with Crippen molar-refractivity contribution >= 4 is 59.5 Å². The number of rotatable bonds is 3. The van der Waals surface area contributed by atoms with E-state index in [1.54, 1.807) is 0 Å². The van der Waals surface area contributed by atoms with Crippen molar-refractivity contribution in [2.45, 2.75) is 0 Å². The maximum absolute atomic E-state index is 13.7. The highest BCUT2D eigenvalue weighted by atomic mass is 79.9. The van der Waals surface area contributed by atoms with Crippen LogP contribution in [0.3, 0.4) is 0 Å². The molecule has 0 spiro atoms. The van der Waals surface area contributed by atoms with Crippen molar-refractivity contribution in [2.75, 3.05) is 0 Å². The van der Waals surface area contributed by atoms with Crippen molar-refractivity contribution in [2.24, 2.45) is 0 Å². The van der Waals surface area contributed by atoms with Crippen LogP contribution in [0.15, 0.2) is 138 Å². The molecule has 0 aliphatic heterocycles. The van der Waals surface area contributed by atoms with Crippen LogP contribution in [0.4, 0.5) is 4.39 Å². The third-order valence-electron chi connectivity index (χ3n) is 7.85. The van der Waals surface area contributed by atoms with Gasteiger partial charge in [0.05, 0.1) is 22.1 Å². The number of fused-ring (bicyclic) bond motifs is 6. The Hall–Kier alpha value is -4.67. The SMILES string of the molecule is Fc1ccc(-n2c3ccccc3c3cc(-c4ccc5c(c4)c4ccccc4n5-c4ccc(Br)cc4)ccc32)cc1. The van der Waals surface area contributed by atoms with Crippen LogP contribution >= 0.6 is 15.9 Å². The molecule has 0 saturated heterocycles. The van der Waals surface area contributed by atoms with Crippen LogP contribution in [0.25, 0.3) is 66.1 Å². The Balaban J connectivity index is 1.34. The van der Waals surface area contributed by atoms with Gasteiger partial charge in [-0.15, -0.1) is 0 Å². The summed E-state index contributed by atoms with van der Waals surface area (Å²) in [6.07, 6.45) is 0. The molecule has 0 radical (unpaired) electrons. The van der Waals surface area contributed by atoms with Crippen molar-refractivity contribution in [3.63, 3.8) is 0 Å². The van der Waals surface area contributed by atoms with Crippen molar-refractivity contribution in [3.05, 3.63) is 144 Å². The van der Waals surface area contributed by atoms with Crippen LogP contribution in [-0.4, -0.2) is 9.13 Å². The van der Waals surface area contributed by atoms with Crippen LogP contribution in [0.5, 0.6) is 0 Å².